The van der Waals surface area contributed by atoms with Crippen LogP contribution in [0.2, 0.25) is 0 Å². The lowest BCUT2D eigenvalue weighted by atomic mass is 10.0. The molecule has 0 unspecified atom stereocenters. The molecule has 4 nitrogen and oxygen atoms in total. The summed E-state index contributed by atoms with van der Waals surface area (Å²) in [6, 6.07) is 0. The van der Waals surface area contributed by atoms with Crippen molar-refractivity contribution in [1.82, 2.24) is 14.9 Å². The van der Waals surface area contributed by atoms with Gasteiger partial charge in [-0.3, -0.25) is 4.90 Å². The van der Waals surface area contributed by atoms with Gasteiger partial charge in [-0.15, -0.1) is 0 Å². The zero-order chi connectivity index (χ0) is 11.0. The van der Waals surface area contributed by atoms with Crippen LogP contribution in [0, 0.1) is 0 Å². The van der Waals surface area contributed by atoms with Gasteiger partial charge >= 0.3 is 0 Å². The van der Waals surface area contributed by atoms with Crippen molar-refractivity contribution < 1.29 is 5.11 Å². The van der Waals surface area contributed by atoms with E-state index in [1.165, 1.54) is 5.56 Å². The van der Waals surface area contributed by atoms with Crippen molar-refractivity contribution in [3.05, 3.63) is 23.8 Å². The first-order chi connectivity index (χ1) is 7.75. The second kappa shape index (κ2) is 3.79. The van der Waals surface area contributed by atoms with Gasteiger partial charge in [0.1, 0.15) is 6.33 Å². The Kier molecular flexibility index (Phi) is 2.41. The number of fused-ring (bicyclic) bond motifs is 1. The zero-order valence-electron chi connectivity index (χ0n) is 9.39. The molecule has 0 bridgehead atoms. The molecule has 0 spiro atoms. The maximum atomic E-state index is 10.4. The topological polar surface area (TPSA) is 49.2 Å². The molecule has 1 fully saturated rings. The van der Waals surface area contributed by atoms with Crippen LogP contribution in [0.25, 0.3) is 0 Å². The number of rotatable bonds is 2. The Morgan fingerprint density at radius 3 is 2.88 bits per heavy atom. The molecule has 0 amide bonds. The summed E-state index contributed by atoms with van der Waals surface area (Å²) in [7, 11) is 0. The summed E-state index contributed by atoms with van der Waals surface area (Å²) in [6.07, 6.45) is 7.72. The lowest BCUT2D eigenvalue weighted by Gasteiger charge is -2.27. The van der Waals surface area contributed by atoms with Crippen LogP contribution in [0.3, 0.4) is 0 Å². The molecule has 1 aliphatic heterocycles. The minimum Gasteiger partial charge on any atom is -0.389 e. The Morgan fingerprint density at radius 1 is 1.31 bits per heavy atom. The molecule has 1 saturated carbocycles. The lowest BCUT2D eigenvalue weighted by Crippen LogP contribution is -2.38. The lowest BCUT2D eigenvalue weighted by molar-refractivity contribution is 0.00801. The molecule has 4 heteroatoms. The molecule has 2 aliphatic rings. The summed E-state index contributed by atoms with van der Waals surface area (Å²) in [4.78, 5) is 10.6. The zero-order valence-corrected chi connectivity index (χ0v) is 9.39. The summed E-state index contributed by atoms with van der Waals surface area (Å²) in [5, 5.41) is 10.4. The van der Waals surface area contributed by atoms with E-state index in [2.05, 4.69) is 14.9 Å². The van der Waals surface area contributed by atoms with Gasteiger partial charge in [0.25, 0.3) is 0 Å². The molecule has 1 aromatic rings. The van der Waals surface area contributed by atoms with Gasteiger partial charge in [0.05, 0.1) is 11.3 Å². The minimum absolute atomic E-state index is 0.449. The second-order valence-electron chi connectivity index (χ2n) is 5.07. The van der Waals surface area contributed by atoms with Crippen LogP contribution < -0.4 is 0 Å². The van der Waals surface area contributed by atoms with E-state index in [4.69, 9.17) is 0 Å². The van der Waals surface area contributed by atoms with E-state index in [-0.39, 0.29) is 0 Å². The van der Waals surface area contributed by atoms with E-state index in [1.54, 1.807) is 6.33 Å². The number of aromatic nitrogens is 2. The van der Waals surface area contributed by atoms with E-state index in [9.17, 15) is 5.11 Å². The largest absolute Gasteiger partial charge is 0.389 e. The molecule has 1 N–H and O–H groups in total. The van der Waals surface area contributed by atoms with Crippen molar-refractivity contribution in [3.63, 3.8) is 0 Å². The number of nitrogens with zero attached hydrogens (tertiary/aromatic N) is 3. The predicted octanol–water partition coefficient (Wildman–Crippen LogP) is 1.10. The summed E-state index contributed by atoms with van der Waals surface area (Å²) >= 11 is 0. The number of aliphatic hydroxyl groups is 1. The highest BCUT2D eigenvalue weighted by Crippen LogP contribution is 2.32. The van der Waals surface area contributed by atoms with Crippen molar-refractivity contribution in [2.24, 2.45) is 0 Å². The Bertz CT molecular complexity index is 363. The quantitative estimate of drug-likeness (QED) is 0.809. The first-order valence-corrected chi connectivity index (χ1v) is 5.98. The normalized spacial score (nSPS) is 23.6. The molecule has 1 aromatic heterocycles. The molecular weight excluding hydrogens is 202 g/mol. The molecule has 0 aromatic carbocycles. The molecule has 86 valence electrons. The number of hydrogen-bond donors (Lipinski definition) is 1. The van der Waals surface area contributed by atoms with Gasteiger partial charge in [-0.05, 0) is 12.8 Å². The summed E-state index contributed by atoms with van der Waals surface area (Å²) in [6.45, 7) is 2.53. The molecule has 0 radical (unpaired) electrons. The van der Waals surface area contributed by atoms with Crippen LogP contribution in [0.4, 0.5) is 0 Å². The monoisotopic (exact) mass is 219 g/mol. The van der Waals surface area contributed by atoms with Crippen LogP contribution in [0.5, 0.6) is 0 Å². The molecule has 16 heavy (non-hydrogen) atoms. The van der Waals surface area contributed by atoms with E-state index >= 15 is 0 Å². The minimum atomic E-state index is -0.449. The van der Waals surface area contributed by atoms with E-state index in [1.807, 2.05) is 6.20 Å². The molecule has 3 rings (SSSR count). The molecule has 0 saturated heterocycles. The van der Waals surface area contributed by atoms with Crippen LogP contribution in [0.15, 0.2) is 12.5 Å². The maximum Gasteiger partial charge on any atom is 0.115 e. The SMILES string of the molecule is OC1(CN2Cc3cncnc3C2)CCCC1. The van der Waals surface area contributed by atoms with Crippen molar-refractivity contribution in [1.29, 1.82) is 0 Å². The average Bonchev–Trinajstić information content (AvgIpc) is 2.84. The maximum absolute atomic E-state index is 10.4. The van der Waals surface area contributed by atoms with Crippen LogP contribution in [-0.2, 0) is 13.1 Å². The molecule has 1 aliphatic carbocycles. The highest BCUT2D eigenvalue weighted by Gasteiger charge is 2.34. The van der Waals surface area contributed by atoms with Gasteiger partial charge in [-0.25, -0.2) is 9.97 Å². The van der Waals surface area contributed by atoms with Gasteiger partial charge in [0.15, 0.2) is 0 Å². The van der Waals surface area contributed by atoms with E-state index in [0.717, 1.165) is 51.0 Å². The summed E-state index contributed by atoms with van der Waals surface area (Å²) < 4.78 is 0. The third-order valence-electron chi connectivity index (χ3n) is 3.70. The Hall–Kier alpha value is -1.00. The van der Waals surface area contributed by atoms with Crippen molar-refractivity contribution >= 4 is 0 Å². The van der Waals surface area contributed by atoms with E-state index in [0.29, 0.717) is 0 Å². The highest BCUT2D eigenvalue weighted by atomic mass is 16.3. The molecular formula is C12H17N3O. The Labute approximate surface area is 95.3 Å². The first-order valence-electron chi connectivity index (χ1n) is 5.98. The van der Waals surface area contributed by atoms with Gasteiger partial charge in [-0.1, -0.05) is 12.8 Å². The summed E-state index contributed by atoms with van der Waals surface area (Å²) in [5.74, 6) is 0. The standard InChI is InChI=1S/C12H17N3O/c16-12(3-1-2-4-12)8-15-6-10-5-13-9-14-11(10)7-15/h5,9,16H,1-4,6-8H2. The smallest absolute Gasteiger partial charge is 0.115 e. The fourth-order valence-electron chi connectivity index (χ4n) is 2.89. The number of β-amino-alcohol motifs (C(OH)–C–C–N with tert-alkyl or cyclic N) is 1. The molecule has 2 heterocycles. The second-order valence-corrected chi connectivity index (χ2v) is 5.07. The van der Waals surface area contributed by atoms with Crippen LogP contribution in [-0.4, -0.2) is 32.1 Å². The fraction of sp³-hybridized carbons (Fsp3) is 0.667. The Balaban J connectivity index is 1.68. The van der Waals surface area contributed by atoms with Crippen molar-refractivity contribution in [3.8, 4) is 0 Å². The van der Waals surface area contributed by atoms with Crippen LogP contribution in [0.1, 0.15) is 36.9 Å². The third kappa shape index (κ3) is 1.83. The number of hydrogen-bond acceptors (Lipinski definition) is 4. The van der Waals surface area contributed by atoms with Crippen molar-refractivity contribution in [2.75, 3.05) is 6.54 Å². The Morgan fingerprint density at radius 2 is 2.12 bits per heavy atom. The fourth-order valence-corrected chi connectivity index (χ4v) is 2.89. The predicted molar refractivity (Wildman–Crippen MR) is 59.6 cm³/mol. The highest BCUT2D eigenvalue weighted by molar-refractivity contribution is 5.20. The van der Waals surface area contributed by atoms with Gasteiger partial charge in [0, 0.05) is 31.4 Å². The van der Waals surface area contributed by atoms with Crippen LogP contribution >= 0.6 is 0 Å². The average molecular weight is 219 g/mol. The van der Waals surface area contributed by atoms with Crippen molar-refractivity contribution in [2.45, 2.75) is 44.4 Å². The van der Waals surface area contributed by atoms with Gasteiger partial charge < -0.3 is 5.11 Å². The third-order valence-corrected chi connectivity index (χ3v) is 3.70. The first kappa shape index (κ1) is 10.2. The van der Waals surface area contributed by atoms with E-state index < -0.39 is 5.60 Å². The molecule has 0 atom stereocenters. The van der Waals surface area contributed by atoms with Gasteiger partial charge in [-0.2, -0.15) is 0 Å². The van der Waals surface area contributed by atoms with Gasteiger partial charge in [0.2, 0.25) is 0 Å². The summed E-state index contributed by atoms with van der Waals surface area (Å²) in [5.41, 5.74) is 1.89.